The van der Waals surface area contributed by atoms with E-state index in [9.17, 15) is 9.59 Å². The lowest BCUT2D eigenvalue weighted by Crippen LogP contribution is -2.40. The van der Waals surface area contributed by atoms with Gasteiger partial charge in [0.25, 0.3) is 0 Å². The highest BCUT2D eigenvalue weighted by atomic mass is 16.6. The third-order valence-corrected chi connectivity index (χ3v) is 3.12. The smallest absolute Gasteiger partial charge is 0.328 e. The largest absolute Gasteiger partial charge is 0.392 e. The van der Waals surface area contributed by atoms with Crippen molar-refractivity contribution in [3.63, 3.8) is 0 Å². The predicted molar refractivity (Wildman–Crippen MR) is 61.8 cm³/mol. The molecule has 1 fully saturated rings. The summed E-state index contributed by atoms with van der Waals surface area (Å²) in [4.78, 5) is 21.7. The summed E-state index contributed by atoms with van der Waals surface area (Å²) in [5.41, 5.74) is 0. The van der Waals surface area contributed by atoms with Crippen molar-refractivity contribution in [1.82, 2.24) is 0 Å². The Labute approximate surface area is 97.5 Å². The Morgan fingerprint density at radius 2 is 1.38 bits per heavy atom. The molecule has 0 bridgehead atoms. The molecule has 0 aliphatic carbocycles. The molecule has 0 aromatic carbocycles. The van der Waals surface area contributed by atoms with Gasteiger partial charge < -0.3 is 4.74 Å². The Morgan fingerprint density at radius 3 is 1.88 bits per heavy atom. The molecule has 0 aromatic rings. The van der Waals surface area contributed by atoms with E-state index in [1.165, 1.54) is 38.5 Å². The minimum absolute atomic E-state index is 0.326. The fourth-order valence-corrected chi connectivity index (χ4v) is 2.00. The van der Waals surface area contributed by atoms with Gasteiger partial charge in [-0.25, -0.2) is 0 Å². The van der Waals surface area contributed by atoms with Gasteiger partial charge in [0.1, 0.15) is 0 Å². The Bertz CT molecular complexity index is 221. The average Bonchev–Trinajstić information content (AvgIpc) is 2.27. The van der Waals surface area contributed by atoms with Crippen LogP contribution >= 0.6 is 0 Å². The second kappa shape index (κ2) is 7.42. The maximum absolute atomic E-state index is 10.8. The van der Waals surface area contributed by atoms with E-state index in [4.69, 9.17) is 0 Å². The third kappa shape index (κ3) is 4.33. The molecule has 1 heterocycles. The van der Waals surface area contributed by atoms with Gasteiger partial charge in [0.2, 0.25) is 0 Å². The second-order valence-corrected chi connectivity index (χ2v) is 4.56. The molecule has 0 radical (unpaired) electrons. The third-order valence-electron chi connectivity index (χ3n) is 3.12. The van der Waals surface area contributed by atoms with Gasteiger partial charge in [0, 0.05) is 0 Å². The van der Waals surface area contributed by atoms with Gasteiger partial charge in [0.15, 0.2) is 5.92 Å². The summed E-state index contributed by atoms with van der Waals surface area (Å²) in [6.45, 7) is 2.22. The van der Waals surface area contributed by atoms with Crippen molar-refractivity contribution < 1.29 is 14.3 Å². The van der Waals surface area contributed by atoms with Crippen LogP contribution in [-0.4, -0.2) is 11.9 Å². The van der Waals surface area contributed by atoms with Crippen molar-refractivity contribution in [3.8, 4) is 0 Å². The van der Waals surface area contributed by atoms with Crippen LogP contribution in [0.3, 0.4) is 0 Å². The normalized spacial score (nSPS) is 16.1. The van der Waals surface area contributed by atoms with Crippen LogP contribution in [0.4, 0.5) is 0 Å². The fraction of sp³-hybridized carbons (Fsp3) is 0.846. The van der Waals surface area contributed by atoms with Crippen LogP contribution in [0.1, 0.15) is 64.7 Å². The predicted octanol–water partition coefficient (Wildman–Crippen LogP) is 3.22. The first kappa shape index (κ1) is 13.2. The SMILES string of the molecule is CCCCCCCCCCC1C(=O)OC1=O. The Kier molecular flexibility index (Phi) is 6.12. The van der Waals surface area contributed by atoms with E-state index in [2.05, 4.69) is 11.7 Å². The standard InChI is InChI=1S/C13H22O3/c1-2-3-4-5-6-7-8-9-10-11-12(14)16-13(11)15/h11H,2-10H2,1H3. The highest BCUT2D eigenvalue weighted by molar-refractivity contribution is 6.09. The van der Waals surface area contributed by atoms with Gasteiger partial charge in [-0.15, -0.1) is 0 Å². The quantitative estimate of drug-likeness (QED) is 0.344. The Balaban J connectivity index is 1.85. The van der Waals surface area contributed by atoms with Crippen molar-refractivity contribution in [2.75, 3.05) is 0 Å². The molecular weight excluding hydrogens is 204 g/mol. The van der Waals surface area contributed by atoms with Gasteiger partial charge in [-0.1, -0.05) is 58.3 Å². The summed E-state index contributed by atoms with van der Waals surface area (Å²) in [6, 6.07) is 0. The molecule has 0 atom stereocenters. The summed E-state index contributed by atoms with van der Waals surface area (Å²) in [6.07, 6.45) is 10.6. The molecular formula is C13H22O3. The number of carbonyl (C=O) groups is 2. The number of esters is 2. The highest BCUT2D eigenvalue weighted by Gasteiger charge is 2.40. The average molecular weight is 226 g/mol. The molecule has 1 rings (SSSR count). The van der Waals surface area contributed by atoms with Crippen molar-refractivity contribution >= 4 is 11.9 Å². The zero-order valence-corrected chi connectivity index (χ0v) is 10.2. The molecule has 0 unspecified atom stereocenters. The number of ether oxygens (including phenoxy) is 1. The van der Waals surface area contributed by atoms with Crippen LogP contribution in [0.5, 0.6) is 0 Å². The topological polar surface area (TPSA) is 43.4 Å². The molecule has 0 aromatic heterocycles. The van der Waals surface area contributed by atoms with Gasteiger partial charge in [-0.05, 0) is 6.42 Å². The molecule has 16 heavy (non-hydrogen) atoms. The molecule has 0 saturated carbocycles. The van der Waals surface area contributed by atoms with E-state index in [1.807, 2.05) is 0 Å². The first-order valence-electron chi connectivity index (χ1n) is 6.51. The van der Waals surface area contributed by atoms with Crippen LogP contribution in [0, 0.1) is 5.92 Å². The lowest BCUT2D eigenvalue weighted by Gasteiger charge is -2.21. The minimum atomic E-state index is -0.430. The van der Waals surface area contributed by atoms with Gasteiger partial charge >= 0.3 is 11.9 Å². The number of unbranched alkanes of at least 4 members (excludes halogenated alkanes) is 7. The van der Waals surface area contributed by atoms with E-state index in [1.54, 1.807) is 0 Å². The van der Waals surface area contributed by atoms with Gasteiger partial charge in [0.05, 0.1) is 0 Å². The van der Waals surface area contributed by atoms with Crippen molar-refractivity contribution in [2.45, 2.75) is 64.7 Å². The summed E-state index contributed by atoms with van der Waals surface area (Å²) in [5, 5.41) is 0. The highest BCUT2D eigenvalue weighted by Crippen LogP contribution is 2.22. The van der Waals surface area contributed by atoms with Crippen LogP contribution in [0.2, 0.25) is 0 Å². The zero-order valence-electron chi connectivity index (χ0n) is 10.2. The number of hydrogen-bond donors (Lipinski definition) is 0. The number of rotatable bonds is 9. The zero-order chi connectivity index (χ0) is 11.8. The van der Waals surface area contributed by atoms with Crippen LogP contribution in [-0.2, 0) is 14.3 Å². The fourth-order valence-electron chi connectivity index (χ4n) is 2.00. The Morgan fingerprint density at radius 1 is 0.875 bits per heavy atom. The van der Waals surface area contributed by atoms with Crippen molar-refractivity contribution in [1.29, 1.82) is 0 Å². The monoisotopic (exact) mass is 226 g/mol. The molecule has 1 aliphatic rings. The molecule has 0 N–H and O–H groups in total. The Hall–Kier alpha value is -0.860. The molecule has 3 heteroatoms. The molecule has 0 amide bonds. The first-order chi connectivity index (χ1) is 7.75. The van der Waals surface area contributed by atoms with E-state index in [0.717, 1.165) is 12.8 Å². The minimum Gasteiger partial charge on any atom is -0.392 e. The molecule has 3 nitrogen and oxygen atoms in total. The number of carbonyl (C=O) groups excluding carboxylic acids is 2. The summed E-state index contributed by atoms with van der Waals surface area (Å²) in [7, 11) is 0. The lowest BCUT2D eigenvalue weighted by molar-refractivity contribution is -0.184. The number of cyclic esters (lactones) is 2. The molecule has 92 valence electrons. The summed E-state index contributed by atoms with van der Waals surface area (Å²) < 4.78 is 4.30. The summed E-state index contributed by atoms with van der Waals surface area (Å²) >= 11 is 0. The molecule has 1 saturated heterocycles. The first-order valence-corrected chi connectivity index (χ1v) is 6.51. The van der Waals surface area contributed by atoms with E-state index in [0.29, 0.717) is 6.42 Å². The molecule has 0 spiro atoms. The lowest BCUT2D eigenvalue weighted by atomic mass is 9.97. The van der Waals surface area contributed by atoms with Crippen molar-refractivity contribution in [3.05, 3.63) is 0 Å². The number of hydrogen-bond acceptors (Lipinski definition) is 3. The van der Waals surface area contributed by atoms with Crippen LogP contribution in [0.15, 0.2) is 0 Å². The molecule has 1 aliphatic heterocycles. The summed E-state index contributed by atoms with van der Waals surface area (Å²) in [5.74, 6) is -1.08. The van der Waals surface area contributed by atoms with Crippen molar-refractivity contribution in [2.24, 2.45) is 5.92 Å². The maximum atomic E-state index is 10.8. The van der Waals surface area contributed by atoms with E-state index >= 15 is 0 Å². The maximum Gasteiger partial charge on any atom is 0.328 e. The van der Waals surface area contributed by atoms with E-state index < -0.39 is 5.92 Å². The van der Waals surface area contributed by atoms with Crippen LogP contribution in [0.25, 0.3) is 0 Å². The van der Waals surface area contributed by atoms with E-state index in [-0.39, 0.29) is 11.9 Å². The van der Waals surface area contributed by atoms with Gasteiger partial charge in [-0.3, -0.25) is 9.59 Å². The van der Waals surface area contributed by atoms with Crippen LogP contribution < -0.4 is 0 Å². The van der Waals surface area contributed by atoms with Gasteiger partial charge in [-0.2, -0.15) is 0 Å². The second-order valence-electron chi connectivity index (χ2n) is 4.56.